The molecule has 76 valence electrons. The normalized spacial score (nSPS) is 12.4. The third-order valence-corrected chi connectivity index (χ3v) is 1.83. The highest BCUT2D eigenvalue weighted by Gasteiger charge is 2.00. The van der Waals surface area contributed by atoms with Crippen LogP contribution in [0.3, 0.4) is 0 Å². The molecule has 0 saturated heterocycles. The van der Waals surface area contributed by atoms with Gasteiger partial charge < -0.3 is 14.6 Å². The largest absolute Gasteiger partial charge is 0.386 e. The van der Waals surface area contributed by atoms with Crippen molar-refractivity contribution in [2.75, 3.05) is 6.61 Å². The molecular formula is C11H14O3. The van der Waals surface area contributed by atoms with Gasteiger partial charge in [0.2, 0.25) is 0 Å². The average molecular weight is 194 g/mol. The number of ether oxygens (including phenoxy) is 1. The molecular weight excluding hydrogens is 180 g/mol. The number of aldehydes is 1. The van der Waals surface area contributed by atoms with Gasteiger partial charge in [-0.15, -0.1) is 0 Å². The summed E-state index contributed by atoms with van der Waals surface area (Å²) in [6.07, 6.45) is -0.0202. The SMILES string of the molecule is O=C[C@@H](O)CCOCc1ccccc1. The maximum Gasteiger partial charge on any atom is 0.148 e. The minimum absolute atomic E-state index is 0.357. The fourth-order valence-electron chi connectivity index (χ4n) is 1.04. The first-order valence-electron chi connectivity index (χ1n) is 4.58. The third-order valence-electron chi connectivity index (χ3n) is 1.83. The average Bonchev–Trinajstić information content (AvgIpc) is 2.25. The minimum atomic E-state index is -0.897. The van der Waals surface area contributed by atoms with E-state index in [1.54, 1.807) is 0 Å². The summed E-state index contributed by atoms with van der Waals surface area (Å²) in [5, 5.41) is 8.91. The number of aliphatic hydroxyl groups is 1. The summed E-state index contributed by atoms with van der Waals surface area (Å²) in [7, 11) is 0. The molecule has 3 nitrogen and oxygen atoms in total. The molecule has 0 aromatic heterocycles. The molecule has 14 heavy (non-hydrogen) atoms. The quantitative estimate of drug-likeness (QED) is 0.546. The standard InChI is InChI=1S/C11H14O3/c12-8-11(13)6-7-14-9-10-4-2-1-3-5-10/h1-5,8,11,13H,6-7,9H2/t11-/m0/s1. The summed E-state index contributed by atoms with van der Waals surface area (Å²) >= 11 is 0. The molecule has 1 N–H and O–H groups in total. The van der Waals surface area contributed by atoms with Crippen LogP contribution >= 0.6 is 0 Å². The van der Waals surface area contributed by atoms with Crippen molar-refractivity contribution < 1.29 is 14.6 Å². The van der Waals surface area contributed by atoms with Gasteiger partial charge in [0, 0.05) is 13.0 Å². The van der Waals surface area contributed by atoms with Crippen molar-refractivity contribution in [3.8, 4) is 0 Å². The van der Waals surface area contributed by atoms with Crippen LogP contribution in [-0.2, 0) is 16.1 Å². The number of carbonyl (C=O) groups is 1. The van der Waals surface area contributed by atoms with Crippen molar-refractivity contribution in [1.82, 2.24) is 0 Å². The van der Waals surface area contributed by atoms with Crippen LogP contribution in [0.2, 0.25) is 0 Å². The number of hydrogen-bond acceptors (Lipinski definition) is 3. The van der Waals surface area contributed by atoms with Crippen molar-refractivity contribution in [3.05, 3.63) is 35.9 Å². The maximum absolute atomic E-state index is 10.1. The van der Waals surface area contributed by atoms with Crippen molar-refractivity contribution in [1.29, 1.82) is 0 Å². The summed E-state index contributed by atoms with van der Waals surface area (Å²) in [5.74, 6) is 0. The van der Waals surface area contributed by atoms with E-state index in [-0.39, 0.29) is 0 Å². The van der Waals surface area contributed by atoms with Crippen molar-refractivity contribution in [3.63, 3.8) is 0 Å². The Kier molecular flexibility index (Phi) is 4.89. The lowest BCUT2D eigenvalue weighted by Crippen LogP contribution is -2.11. The summed E-state index contributed by atoms with van der Waals surface area (Å²) in [4.78, 5) is 10.1. The first kappa shape index (κ1) is 10.9. The highest BCUT2D eigenvalue weighted by atomic mass is 16.5. The molecule has 0 bridgehead atoms. The Hall–Kier alpha value is -1.19. The second-order valence-electron chi connectivity index (χ2n) is 3.03. The lowest BCUT2D eigenvalue weighted by molar-refractivity contribution is -0.115. The third kappa shape index (κ3) is 4.16. The Labute approximate surface area is 83.3 Å². The zero-order valence-electron chi connectivity index (χ0n) is 7.93. The molecule has 1 aromatic rings. The van der Waals surface area contributed by atoms with Gasteiger partial charge in [0.05, 0.1) is 6.61 Å². The number of carbonyl (C=O) groups excluding carboxylic acids is 1. The summed E-state index contributed by atoms with van der Waals surface area (Å²) in [6, 6.07) is 9.77. The van der Waals surface area contributed by atoms with Crippen LogP contribution in [0.4, 0.5) is 0 Å². The molecule has 0 heterocycles. The molecule has 0 fully saturated rings. The van der Waals surface area contributed by atoms with E-state index in [0.717, 1.165) is 5.56 Å². The van der Waals surface area contributed by atoms with Crippen LogP contribution in [0, 0.1) is 0 Å². The Bertz CT molecular complexity index is 258. The zero-order chi connectivity index (χ0) is 10.2. The molecule has 0 aliphatic heterocycles. The topological polar surface area (TPSA) is 46.5 Å². The van der Waals surface area contributed by atoms with E-state index in [1.807, 2.05) is 30.3 Å². The van der Waals surface area contributed by atoms with Gasteiger partial charge in [-0.3, -0.25) is 0 Å². The molecule has 1 aromatic carbocycles. The number of benzene rings is 1. The Balaban J connectivity index is 2.13. The lowest BCUT2D eigenvalue weighted by atomic mass is 10.2. The summed E-state index contributed by atoms with van der Waals surface area (Å²) in [5.41, 5.74) is 1.09. The predicted molar refractivity (Wildman–Crippen MR) is 52.8 cm³/mol. The van der Waals surface area contributed by atoms with E-state index < -0.39 is 6.10 Å². The first-order chi connectivity index (χ1) is 6.83. The van der Waals surface area contributed by atoms with E-state index in [9.17, 15) is 4.79 Å². The zero-order valence-corrected chi connectivity index (χ0v) is 7.93. The van der Waals surface area contributed by atoms with E-state index in [1.165, 1.54) is 0 Å². The highest BCUT2D eigenvalue weighted by molar-refractivity contribution is 5.55. The Morgan fingerprint density at radius 1 is 1.36 bits per heavy atom. The molecule has 0 aliphatic carbocycles. The molecule has 1 atom stereocenters. The van der Waals surface area contributed by atoms with Crippen LogP contribution in [0.25, 0.3) is 0 Å². The van der Waals surface area contributed by atoms with Gasteiger partial charge in [-0.05, 0) is 5.56 Å². The fourth-order valence-corrected chi connectivity index (χ4v) is 1.04. The van der Waals surface area contributed by atoms with Crippen LogP contribution in [-0.4, -0.2) is 24.1 Å². The molecule has 0 aliphatic rings. The number of rotatable bonds is 6. The van der Waals surface area contributed by atoms with Crippen LogP contribution in [0.5, 0.6) is 0 Å². The Morgan fingerprint density at radius 3 is 2.71 bits per heavy atom. The van der Waals surface area contributed by atoms with Gasteiger partial charge in [0.15, 0.2) is 0 Å². The van der Waals surface area contributed by atoms with Gasteiger partial charge in [-0.25, -0.2) is 0 Å². The number of hydrogen-bond donors (Lipinski definition) is 1. The van der Waals surface area contributed by atoms with Gasteiger partial charge >= 0.3 is 0 Å². The van der Waals surface area contributed by atoms with Crippen LogP contribution < -0.4 is 0 Å². The van der Waals surface area contributed by atoms with Gasteiger partial charge in [0.1, 0.15) is 12.4 Å². The predicted octanol–water partition coefficient (Wildman–Crippen LogP) is 1.15. The first-order valence-corrected chi connectivity index (χ1v) is 4.58. The minimum Gasteiger partial charge on any atom is -0.386 e. The molecule has 0 saturated carbocycles. The molecule has 0 amide bonds. The van der Waals surface area contributed by atoms with Crippen molar-refractivity contribution in [2.45, 2.75) is 19.1 Å². The summed E-state index contributed by atoms with van der Waals surface area (Å²) in [6.45, 7) is 0.918. The molecule has 0 radical (unpaired) electrons. The van der Waals surface area contributed by atoms with Crippen molar-refractivity contribution >= 4 is 6.29 Å². The van der Waals surface area contributed by atoms with Crippen LogP contribution in [0.15, 0.2) is 30.3 Å². The maximum atomic E-state index is 10.1. The Morgan fingerprint density at radius 2 is 2.07 bits per heavy atom. The van der Waals surface area contributed by atoms with E-state index >= 15 is 0 Å². The summed E-state index contributed by atoms with van der Waals surface area (Å²) < 4.78 is 5.27. The van der Waals surface area contributed by atoms with Gasteiger partial charge in [-0.2, -0.15) is 0 Å². The molecule has 3 heteroatoms. The van der Waals surface area contributed by atoms with Gasteiger partial charge in [0.25, 0.3) is 0 Å². The fraction of sp³-hybridized carbons (Fsp3) is 0.364. The second kappa shape index (κ2) is 6.29. The second-order valence-corrected chi connectivity index (χ2v) is 3.03. The van der Waals surface area contributed by atoms with E-state index in [4.69, 9.17) is 9.84 Å². The van der Waals surface area contributed by atoms with Gasteiger partial charge in [-0.1, -0.05) is 30.3 Å². The molecule has 0 spiro atoms. The smallest absolute Gasteiger partial charge is 0.148 e. The van der Waals surface area contributed by atoms with Crippen LogP contribution in [0.1, 0.15) is 12.0 Å². The number of aliphatic hydroxyl groups excluding tert-OH is 1. The monoisotopic (exact) mass is 194 g/mol. The van der Waals surface area contributed by atoms with E-state index in [2.05, 4.69) is 0 Å². The lowest BCUT2D eigenvalue weighted by Gasteiger charge is -2.05. The van der Waals surface area contributed by atoms with E-state index in [0.29, 0.717) is 25.9 Å². The highest BCUT2D eigenvalue weighted by Crippen LogP contribution is 2.01. The molecule has 0 unspecified atom stereocenters. The van der Waals surface area contributed by atoms with Crippen molar-refractivity contribution in [2.24, 2.45) is 0 Å². The molecule has 1 rings (SSSR count).